The summed E-state index contributed by atoms with van der Waals surface area (Å²) in [6.45, 7) is 3.19. The number of hydrogen-bond acceptors (Lipinski definition) is 4. The Hall–Kier alpha value is -1.34. The van der Waals surface area contributed by atoms with E-state index >= 15 is 0 Å². The highest BCUT2D eigenvalue weighted by molar-refractivity contribution is 5.82. The molecule has 7 nitrogen and oxygen atoms in total. The van der Waals surface area contributed by atoms with Crippen LogP contribution in [0.2, 0.25) is 0 Å². The number of amides is 2. The van der Waals surface area contributed by atoms with Crippen LogP contribution in [0.25, 0.3) is 0 Å². The number of rotatable bonds is 9. The van der Waals surface area contributed by atoms with E-state index in [4.69, 9.17) is 14.9 Å². The Bertz CT molecular complexity index is 235. The minimum Gasteiger partial charge on any atom is -0.480 e. The third-order valence-corrected chi connectivity index (χ3v) is 1.98. The average Bonchev–Trinajstić information content (AvgIpc) is 2.28. The molecule has 0 fully saturated rings. The minimum atomic E-state index is -1.16. The first-order valence-corrected chi connectivity index (χ1v) is 5.57. The number of aliphatic carboxylic acids is 1. The molecule has 0 radical (unpaired) electrons. The van der Waals surface area contributed by atoms with Gasteiger partial charge in [-0.1, -0.05) is 0 Å². The van der Waals surface area contributed by atoms with Crippen molar-refractivity contribution in [3.05, 3.63) is 0 Å². The predicted octanol–water partition coefficient (Wildman–Crippen LogP) is -0.452. The third kappa shape index (κ3) is 8.47. The van der Waals surface area contributed by atoms with E-state index in [2.05, 4.69) is 10.6 Å². The number of carboxylic acid groups (broad SMARTS) is 1. The van der Waals surface area contributed by atoms with E-state index in [0.29, 0.717) is 26.2 Å². The van der Waals surface area contributed by atoms with Crippen LogP contribution in [0.4, 0.5) is 4.79 Å². The standard InChI is InChI=1S/C10H20N2O5/c1-2-17-7-3-5-11-10(16)12-8(4-6-13)9(14)15/h8,13H,2-7H2,1H3,(H,14,15)(H2,11,12,16)/t8-/m0/s1. The number of aliphatic hydroxyl groups excluding tert-OH is 1. The number of hydrogen-bond donors (Lipinski definition) is 4. The lowest BCUT2D eigenvalue weighted by Crippen LogP contribution is -2.46. The molecule has 17 heavy (non-hydrogen) atoms. The molecule has 0 unspecified atom stereocenters. The number of aliphatic hydroxyl groups is 1. The first-order chi connectivity index (χ1) is 8.11. The molecule has 0 saturated carbocycles. The van der Waals surface area contributed by atoms with E-state index in [0.717, 1.165) is 0 Å². The van der Waals surface area contributed by atoms with Crippen LogP contribution in [-0.4, -0.2) is 54.6 Å². The summed E-state index contributed by atoms with van der Waals surface area (Å²) in [6.07, 6.45) is 0.653. The summed E-state index contributed by atoms with van der Waals surface area (Å²) < 4.78 is 5.07. The molecule has 0 aliphatic carbocycles. The van der Waals surface area contributed by atoms with Crippen molar-refractivity contribution in [1.82, 2.24) is 10.6 Å². The summed E-state index contributed by atoms with van der Waals surface area (Å²) in [5.41, 5.74) is 0. The van der Waals surface area contributed by atoms with Crippen LogP contribution in [0, 0.1) is 0 Å². The molecular formula is C10H20N2O5. The van der Waals surface area contributed by atoms with Gasteiger partial charge >= 0.3 is 12.0 Å². The molecule has 0 aliphatic heterocycles. The average molecular weight is 248 g/mol. The van der Waals surface area contributed by atoms with Gasteiger partial charge < -0.3 is 25.6 Å². The Morgan fingerprint density at radius 3 is 2.65 bits per heavy atom. The maximum absolute atomic E-state index is 11.3. The summed E-state index contributed by atoms with van der Waals surface area (Å²) in [7, 11) is 0. The number of carboxylic acids is 1. The molecule has 0 bridgehead atoms. The Morgan fingerprint density at radius 2 is 2.12 bits per heavy atom. The summed E-state index contributed by atoms with van der Waals surface area (Å²) in [4.78, 5) is 21.9. The van der Waals surface area contributed by atoms with Gasteiger partial charge in [0.1, 0.15) is 6.04 Å². The molecule has 100 valence electrons. The zero-order valence-corrected chi connectivity index (χ0v) is 9.94. The van der Waals surface area contributed by atoms with Crippen molar-refractivity contribution in [2.24, 2.45) is 0 Å². The van der Waals surface area contributed by atoms with E-state index in [1.165, 1.54) is 0 Å². The maximum atomic E-state index is 11.3. The Morgan fingerprint density at radius 1 is 1.41 bits per heavy atom. The summed E-state index contributed by atoms with van der Waals surface area (Å²) in [5, 5.41) is 22.1. The van der Waals surface area contributed by atoms with Crippen LogP contribution >= 0.6 is 0 Å². The van der Waals surface area contributed by atoms with Gasteiger partial charge in [0.05, 0.1) is 0 Å². The topological polar surface area (TPSA) is 108 Å². The van der Waals surface area contributed by atoms with Gasteiger partial charge in [0, 0.05) is 32.8 Å². The molecule has 0 rings (SSSR count). The fourth-order valence-corrected chi connectivity index (χ4v) is 1.12. The smallest absolute Gasteiger partial charge is 0.326 e. The van der Waals surface area contributed by atoms with Crippen molar-refractivity contribution in [3.63, 3.8) is 0 Å². The summed E-state index contributed by atoms with van der Waals surface area (Å²) >= 11 is 0. The SMILES string of the molecule is CCOCCCNC(=O)N[C@@H](CCO)C(=O)O. The molecule has 7 heteroatoms. The van der Waals surface area contributed by atoms with Gasteiger partial charge in [-0.2, -0.15) is 0 Å². The van der Waals surface area contributed by atoms with E-state index in [9.17, 15) is 9.59 Å². The van der Waals surface area contributed by atoms with Crippen LogP contribution in [0.15, 0.2) is 0 Å². The number of urea groups is 1. The lowest BCUT2D eigenvalue weighted by molar-refractivity contribution is -0.139. The number of nitrogens with one attached hydrogen (secondary N) is 2. The second kappa shape index (κ2) is 9.86. The molecule has 1 atom stereocenters. The normalized spacial score (nSPS) is 11.9. The first kappa shape index (κ1) is 15.7. The highest BCUT2D eigenvalue weighted by atomic mass is 16.5. The quantitative estimate of drug-likeness (QED) is 0.413. The molecular weight excluding hydrogens is 228 g/mol. The van der Waals surface area contributed by atoms with Crippen molar-refractivity contribution >= 4 is 12.0 Å². The molecule has 0 aliphatic rings. The lowest BCUT2D eigenvalue weighted by atomic mass is 10.2. The highest BCUT2D eigenvalue weighted by Gasteiger charge is 2.18. The van der Waals surface area contributed by atoms with Crippen molar-refractivity contribution in [2.45, 2.75) is 25.8 Å². The van der Waals surface area contributed by atoms with Crippen LogP contribution in [0.5, 0.6) is 0 Å². The second-order valence-electron chi connectivity index (χ2n) is 3.35. The van der Waals surface area contributed by atoms with E-state index < -0.39 is 18.0 Å². The fraction of sp³-hybridized carbons (Fsp3) is 0.800. The summed E-state index contributed by atoms with van der Waals surface area (Å²) in [6, 6.07) is -1.62. The predicted molar refractivity (Wildman–Crippen MR) is 60.8 cm³/mol. The van der Waals surface area contributed by atoms with Crippen molar-refractivity contribution in [2.75, 3.05) is 26.4 Å². The number of ether oxygens (including phenoxy) is 1. The van der Waals surface area contributed by atoms with Gasteiger partial charge in [-0.05, 0) is 13.3 Å². The molecule has 2 amide bonds. The lowest BCUT2D eigenvalue weighted by Gasteiger charge is -2.13. The molecule has 0 aromatic rings. The first-order valence-electron chi connectivity index (χ1n) is 5.57. The minimum absolute atomic E-state index is 0.0122. The fourth-order valence-electron chi connectivity index (χ4n) is 1.12. The van der Waals surface area contributed by atoms with E-state index in [1.54, 1.807) is 0 Å². The largest absolute Gasteiger partial charge is 0.480 e. The molecule has 0 heterocycles. The van der Waals surface area contributed by atoms with Gasteiger partial charge in [0.25, 0.3) is 0 Å². The maximum Gasteiger partial charge on any atom is 0.326 e. The molecule has 0 saturated heterocycles. The highest BCUT2D eigenvalue weighted by Crippen LogP contribution is 1.91. The molecule has 0 aromatic carbocycles. The second-order valence-corrected chi connectivity index (χ2v) is 3.35. The number of carbonyl (C=O) groups excluding carboxylic acids is 1. The van der Waals surface area contributed by atoms with Crippen LogP contribution in [-0.2, 0) is 9.53 Å². The zero-order chi connectivity index (χ0) is 13.1. The molecule has 0 spiro atoms. The van der Waals surface area contributed by atoms with Gasteiger partial charge in [0.15, 0.2) is 0 Å². The van der Waals surface area contributed by atoms with E-state index in [1.807, 2.05) is 6.92 Å². The monoisotopic (exact) mass is 248 g/mol. The van der Waals surface area contributed by atoms with Crippen LogP contribution in [0.3, 0.4) is 0 Å². The van der Waals surface area contributed by atoms with Crippen molar-refractivity contribution in [3.8, 4) is 0 Å². The van der Waals surface area contributed by atoms with Crippen LogP contribution in [0.1, 0.15) is 19.8 Å². The Labute approximate surface area is 100 Å². The molecule has 4 N–H and O–H groups in total. The molecule has 0 aromatic heterocycles. The summed E-state index contributed by atoms with van der Waals surface area (Å²) in [5.74, 6) is -1.16. The van der Waals surface area contributed by atoms with Gasteiger partial charge in [-0.3, -0.25) is 0 Å². The van der Waals surface area contributed by atoms with Crippen molar-refractivity contribution in [1.29, 1.82) is 0 Å². The van der Waals surface area contributed by atoms with Gasteiger partial charge in [0.2, 0.25) is 0 Å². The van der Waals surface area contributed by atoms with Gasteiger partial charge in [-0.15, -0.1) is 0 Å². The third-order valence-electron chi connectivity index (χ3n) is 1.98. The van der Waals surface area contributed by atoms with E-state index in [-0.39, 0.29) is 13.0 Å². The Kier molecular flexibility index (Phi) is 9.08. The Balaban J connectivity index is 3.71. The van der Waals surface area contributed by atoms with Crippen LogP contribution < -0.4 is 10.6 Å². The number of carbonyl (C=O) groups is 2. The van der Waals surface area contributed by atoms with Crippen molar-refractivity contribution < 1.29 is 24.5 Å². The van der Waals surface area contributed by atoms with Gasteiger partial charge in [-0.25, -0.2) is 9.59 Å². The zero-order valence-electron chi connectivity index (χ0n) is 9.94.